The number of esters is 1. The molecule has 26 heavy (non-hydrogen) atoms. The van der Waals surface area contributed by atoms with Gasteiger partial charge in [0.15, 0.2) is 0 Å². The van der Waals surface area contributed by atoms with Crippen molar-refractivity contribution in [2.45, 2.75) is 0 Å². The van der Waals surface area contributed by atoms with Gasteiger partial charge in [-0.05, 0) is 35.9 Å². The predicted octanol–water partition coefficient (Wildman–Crippen LogP) is 3.85. The van der Waals surface area contributed by atoms with E-state index in [1.54, 1.807) is 42.5 Å². The van der Waals surface area contributed by atoms with E-state index in [4.69, 9.17) is 27.9 Å². The molecule has 132 valence electrons. The molecule has 7 heteroatoms. The van der Waals surface area contributed by atoms with Crippen LogP contribution in [0.3, 0.4) is 0 Å². The van der Waals surface area contributed by atoms with Gasteiger partial charge in [-0.15, -0.1) is 0 Å². The highest BCUT2D eigenvalue weighted by Gasteiger charge is 2.34. The molecule has 2 aromatic rings. The second kappa shape index (κ2) is 7.72. The smallest absolute Gasteiger partial charge is 0.330 e. The third-order valence-electron chi connectivity index (χ3n) is 3.80. The molecular formula is C19H13Cl2NO4. The molecule has 0 radical (unpaired) electrons. The first-order valence-electron chi connectivity index (χ1n) is 7.72. The molecule has 1 aliphatic heterocycles. The number of fused-ring (bicyclic) bond motifs is 1. The Balaban J connectivity index is 1.54. The largest absolute Gasteiger partial charge is 0.461 e. The third-order valence-corrected chi connectivity index (χ3v) is 4.36. The minimum Gasteiger partial charge on any atom is -0.461 e. The highest BCUT2D eigenvalue weighted by molar-refractivity contribution is 6.35. The number of carbonyl (C=O) groups is 3. The number of amides is 2. The van der Waals surface area contributed by atoms with E-state index in [1.165, 1.54) is 12.2 Å². The maximum atomic E-state index is 12.2. The number of rotatable bonds is 5. The average molecular weight is 390 g/mol. The molecule has 0 atom stereocenters. The van der Waals surface area contributed by atoms with Crippen molar-refractivity contribution in [1.29, 1.82) is 0 Å². The van der Waals surface area contributed by atoms with Crippen LogP contribution in [0, 0.1) is 0 Å². The summed E-state index contributed by atoms with van der Waals surface area (Å²) in [5.41, 5.74) is 1.34. The first kappa shape index (κ1) is 18.2. The Morgan fingerprint density at radius 1 is 1.04 bits per heavy atom. The third kappa shape index (κ3) is 3.79. The standard InChI is InChI=1S/C19H13Cl2NO4/c20-13-7-5-12(16(21)11-13)6-8-17(23)26-10-9-22-18(24)14-3-1-2-4-15(14)19(22)25/h1-8,11H,9-10H2. The van der Waals surface area contributed by atoms with Crippen LogP contribution in [0.15, 0.2) is 48.5 Å². The number of imide groups is 1. The quantitative estimate of drug-likeness (QED) is 0.442. The molecule has 1 aliphatic rings. The summed E-state index contributed by atoms with van der Waals surface area (Å²) in [7, 11) is 0. The Labute approximate surface area is 159 Å². The van der Waals surface area contributed by atoms with Crippen LogP contribution < -0.4 is 0 Å². The molecule has 0 aromatic heterocycles. The highest BCUT2D eigenvalue weighted by atomic mass is 35.5. The summed E-state index contributed by atoms with van der Waals surface area (Å²) in [6.07, 6.45) is 2.72. The molecule has 0 saturated heterocycles. The van der Waals surface area contributed by atoms with Gasteiger partial charge in [0, 0.05) is 16.1 Å². The lowest BCUT2D eigenvalue weighted by atomic mass is 10.1. The molecule has 1 heterocycles. The van der Waals surface area contributed by atoms with Crippen molar-refractivity contribution in [3.63, 3.8) is 0 Å². The Bertz CT molecular complexity index is 889. The van der Waals surface area contributed by atoms with Gasteiger partial charge in [-0.3, -0.25) is 14.5 Å². The van der Waals surface area contributed by atoms with Crippen molar-refractivity contribution in [3.8, 4) is 0 Å². The van der Waals surface area contributed by atoms with Gasteiger partial charge in [-0.1, -0.05) is 41.4 Å². The van der Waals surface area contributed by atoms with E-state index in [-0.39, 0.29) is 25.0 Å². The molecule has 0 fully saturated rings. The molecule has 3 rings (SSSR count). The van der Waals surface area contributed by atoms with Crippen molar-refractivity contribution in [2.24, 2.45) is 0 Å². The van der Waals surface area contributed by atoms with Crippen LogP contribution in [0.5, 0.6) is 0 Å². The lowest BCUT2D eigenvalue weighted by Gasteiger charge is -2.13. The van der Waals surface area contributed by atoms with Crippen molar-refractivity contribution >= 4 is 47.1 Å². The van der Waals surface area contributed by atoms with Gasteiger partial charge in [-0.25, -0.2) is 4.79 Å². The molecule has 0 bridgehead atoms. The van der Waals surface area contributed by atoms with Gasteiger partial charge >= 0.3 is 5.97 Å². The van der Waals surface area contributed by atoms with Crippen LogP contribution in [0.2, 0.25) is 10.0 Å². The monoisotopic (exact) mass is 389 g/mol. The summed E-state index contributed by atoms with van der Waals surface area (Å²) in [5.74, 6) is -1.37. The van der Waals surface area contributed by atoms with Gasteiger partial charge in [-0.2, -0.15) is 0 Å². The van der Waals surface area contributed by atoms with E-state index in [0.717, 1.165) is 4.90 Å². The zero-order chi connectivity index (χ0) is 18.7. The van der Waals surface area contributed by atoms with Crippen LogP contribution in [0.25, 0.3) is 6.08 Å². The van der Waals surface area contributed by atoms with Gasteiger partial charge in [0.05, 0.1) is 17.7 Å². The van der Waals surface area contributed by atoms with Gasteiger partial charge in [0.2, 0.25) is 0 Å². The van der Waals surface area contributed by atoms with E-state index < -0.39 is 5.97 Å². The molecular weight excluding hydrogens is 377 g/mol. The fourth-order valence-electron chi connectivity index (χ4n) is 2.52. The van der Waals surface area contributed by atoms with Crippen LogP contribution in [0.1, 0.15) is 26.3 Å². The van der Waals surface area contributed by atoms with Crippen LogP contribution in [-0.4, -0.2) is 35.8 Å². The Morgan fingerprint density at radius 3 is 2.31 bits per heavy atom. The fourth-order valence-corrected chi connectivity index (χ4v) is 2.99. The molecule has 0 spiro atoms. The lowest BCUT2D eigenvalue weighted by Crippen LogP contribution is -2.33. The number of hydrogen-bond donors (Lipinski definition) is 0. The maximum absolute atomic E-state index is 12.2. The minimum absolute atomic E-state index is 0.00632. The SMILES string of the molecule is O=C(C=Cc1ccc(Cl)cc1Cl)OCCN1C(=O)c2ccccc2C1=O. The van der Waals surface area contributed by atoms with Crippen molar-refractivity contribution in [1.82, 2.24) is 4.90 Å². The number of halogens is 2. The van der Waals surface area contributed by atoms with Gasteiger partial charge in [0.1, 0.15) is 6.61 Å². The first-order chi connectivity index (χ1) is 12.5. The Kier molecular flexibility index (Phi) is 5.40. The fraction of sp³-hybridized carbons (Fsp3) is 0.105. The molecule has 0 saturated carbocycles. The zero-order valence-corrected chi connectivity index (χ0v) is 15.0. The molecule has 2 amide bonds. The van der Waals surface area contributed by atoms with Crippen LogP contribution in [0.4, 0.5) is 0 Å². The highest BCUT2D eigenvalue weighted by Crippen LogP contribution is 2.23. The average Bonchev–Trinajstić information content (AvgIpc) is 2.86. The Hall–Kier alpha value is -2.63. The topological polar surface area (TPSA) is 63.7 Å². The van der Waals surface area contributed by atoms with Gasteiger partial charge < -0.3 is 4.74 Å². The van der Waals surface area contributed by atoms with E-state index in [2.05, 4.69) is 0 Å². The minimum atomic E-state index is -0.604. The number of hydrogen-bond acceptors (Lipinski definition) is 4. The van der Waals surface area contributed by atoms with Gasteiger partial charge in [0.25, 0.3) is 11.8 Å². The van der Waals surface area contributed by atoms with Crippen molar-refractivity contribution < 1.29 is 19.1 Å². The number of nitrogens with zero attached hydrogens (tertiary/aromatic N) is 1. The Morgan fingerprint density at radius 2 is 1.69 bits per heavy atom. The van der Waals surface area contributed by atoms with E-state index in [9.17, 15) is 14.4 Å². The van der Waals surface area contributed by atoms with Crippen molar-refractivity contribution in [2.75, 3.05) is 13.2 Å². The normalized spacial score (nSPS) is 13.4. The lowest BCUT2D eigenvalue weighted by molar-refractivity contribution is -0.137. The summed E-state index contributed by atoms with van der Waals surface area (Å²) in [4.78, 5) is 37.2. The molecule has 0 unspecified atom stereocenters. The maximum Gasteiger partial charge on any atom is 0.330 e. The molecule has 5 nitrogen and oxygen atoms in total. The summed E-state index contributed by atoms with van der Waals surface area (Å²) >= 11 is 11.8. The summed E-state index contributed by atoms with van der Waals surface area (Å²) < 4.78 is 5.04. The predicted molar refractivity (Wildman–Crippen MR) is 98.3 cm³/mol. The molecule has 0 aliphatic carbocycles. The zero-order valence-electron chi connectivity index (χ0n) is 13.4. The van der Waals surface area contributed by atoms with Crippen LogP contribution >= 0.6 is 23.2 Å². The summed E-state index contributed by atoms with van der Waals surface area (Å²) in [6, 6.07) is 11.5. The second-order valence-corrected chi connectivity index (χ2v) is 6.32. The molecule has 0 N–H and O–H groups in total. The second-order valence-electron chi connectivity index (χ2n) is 5.47. The summed E-state index contributed by atoms with van der Waals surface area (Å²) in [5, 5.41) is 0.906. The van der Waals surface area contributed by atoms with E-state index in [1.807, 2.05) is 0 Å². The van der Waals surface area contributed by atoms with Crippen LogP contribution in [-0.2, 0) is 9.53 Å². The molecule has 2 aromatic carbocycles. The summed E-state index contributed by atoms with van der Waals surface area (Å²) in [6.45, 7) is -0.101. The van der Waals surface area contributed by atoms with Crippen molar-refractivity contribution in [3.05, 3.63) is 75.3 Å². The first-order valence-corrected chi connectivity index (χ1v) is 8.48. The number of benzene rings is 2. The van der Waals surface area contributed by atoms with E-state index >= 15 is 0 Å². The number of ether oxygens (including phenoxy) is 1. The number of carbonyl (C=O) groups excluding carboxylic acids is 3. The van der Waals surface area contributed by atoms with E-state index in [0.29, 0.717) is 26.7 Å².